The summed E-state index contributed by atoms with van der Waals surface area (Å²) in [6.07, 6.45) is 4.50. The van der Waals surface area contributed by atoms with Crippen LogP contribution in [0.1, 0.15) is 57.1 Å². The summed E-state index contributed by atoms with van der Waals surface area (Å²) in [4.78, 5) is 0. The van der Waals surface area contributed by atoms with E-state index in [4.69, 9.17) is 11.6 Å². The van der Waals surface area contributed by atoms with E-state index in [-0.39, 0.29) is 5.38 Å². The maximum atomic E-state index is 6.46. The Morgan fingerprint density at radius 1 is 1.06 bits per heavy atom. The molecule has 1 aromatic carbocycles. The number of benzene rings is 1. The van der Waals surface area contributed by atoms with Gasteiger partial charge >= 0.3 is 0 Å². The zero-order valence-corrected chi connectivity index (χ0v) is 11.4. The first-order valence-corrected chi connectivity index (χ1v) is 6.89. The summed E-state index contributed by atoms with van der Waals surface area (Å²) in [5.74, 6) is 0.507. The average Bonchev–Trinajstić information content (AvgIpc) is 2.31. The van der Waals surface area contributed by atoms with Gasteiger partial charge in [-0.2, -0.15) is 0 Å². The molecule has 0 saturated carbocycles. The van der Waals surface area contributed by atoms with Crippen LogP contribution in [-0.2, 0) is 6.42 Å². The Morgan fingerprint density at radius 3 is 2.12 bits per heavy atom. The molecule has 2 unspecified atom stereocenters. The van der Waals surface area contributed by atoms with Gasteiger partial charge in [-0.15, -0.1) is 11.6 Å². The zero-order valence-electron chi connectivity index (χ0n) is 10.7. The molecule has 0 aromatic heterocycles. The van der Waals surface area contributed by atoms with Gasteiger partial charge in [0, 0.05) is 5.38 Å². The summed E-state index contributed by atoms with van der Waals surface area (Å²) in [5, 5.41) is 0.280. The van der Waals surface area contributed by atoms with Crippen molar-refractivity contribution in [2.45, 2.75) is 57.7 Å². The zero-order chi connectivity index (χ0) is 12.0. The highest BCUT2D eigenvalue weighted by molar-refractivity contribution is 6.21. The monoisotopic (exact) mass is 238 g/mol. The van der Waals surface area contributed by atoms with Gasteiger partial charge < -0.3 is 0 Å². The van der Waals surface area contributed by atoms with E-state index >= 15 is 0 Å². The Labute approximate surface area is 105 Å². The quantitative estimate of drug-likeness (QED) is 0.602. The number of hydrogen-bond acceptors (Lipinski definition) is 0. The highest BCUT2D eigenvalue weighted by Crippen LogP contribution is 2.30. The summed E-state index contributed by atoms with van der Waals surface area (Å²) in [6, 6.07) is 8.96. The van der Waals surface area contributed by atoms with E-state index in [1.54, 1.807) is 0 Å². The van der Waals surface area contributed by atoms with Gasteiger partial charge in [0.05, 0.1) is 0 Å². The first kappa shape index (κ1) is 13.6. The molecule has 1 heteroatoms. The lowest BCUT2D eigenvalue weighted by atomic mass is 9.90. The van der Waals surface area contributed by atoms with Crippen molar-refractivity contribution in [2.75, 3.05) is 0 Å². The maximum absolute atomic E-state index is 6.46. The molecule has 0 aliphatic rings. The van der Waals surface area contributed by atoms with E-state index < -0.39 is 0 Å². The van der Waals surface area contributed by atoms with Gasteiger partial charge in [-0.25, -0.2) is 0 Å². The van der Waals surface area contributed by atoms with Crippen LogP contribution in [0.3, 0.4) is 0 Å². The molecule has 0 nitrogen and oxygen atoms in total. The third-order valence-electron chi connectivity index (χ3n) is 3.26. The molecular weight excluding hydrogens is 216 g/mol. The molecular formula is C15H23Cl. The molecule has 0 bridgehead atoms. The summed E-state index contributed by atoms with van der Waals surface area (Å²) >= 11 is 6.46. The second-order valence-corrected chi connectivity index (χ2v) is 4.98. The first-order chi connectivity index (χ1) is 7.72. The van der Waals surface area contributed by atoms with Gasteiger partial charge in [-0.1, -0.05) is 51.5 Å². The SMILES string of the molecule is CCCC(Cl)C(CC)c1ccc(CC)cc1. The van der Waals surface area contributed by atoms with Crippen LogP contribution in [0.5, 0.6) is 0 Å². The molecule has 16 heavy (non-hydrogen) atoms. The summed E-state index contributed by atoms with van der Waals surface area (Å²) < 4.78 is 0. The molecule has 0 aliphatic carbocycles. The Morgan fingerprint density at radius 2 is 1.69 bits per heavy atom. The normalized spacial score (nSPS) is 14.8. The lowest BCUT2D eigenvalue weighted by Gasteiger charge is -2.21. The lowest BCUT2D eigenvalue weighted by Crippen LogP contribution is -2.12. The van der Waals surface area contributed by atoms with E-state index in [1.807, 2.05) is 0 Å². The molecule has 0 aliphatic heterocycles. The van der Waals surface area contributed by atoms with E-state index in [1.165, 1.54) is 11.1 Å². The van der Waals surface area contributed by atoms with Crippen LogP contribution >= 0.6 is 11.6 Å². The second-order valence-electron chi connectivity index (χ2n) is 4.41. The van der Waals surface area contributed by atoms with Crippen LogP contribution in [0.2, 0.25) is 0 Å². The molecule has 1 aromatic rings. The Balaban J connectivity index is 2.78. The van der Waals surface area contributed by atoms with Crippen LogP contribution in [0.25, 0.3) is 0 Å². The van der Waals surface area contributed by atoms with E-state index in [2.05, 4.69) is 45.0 Å². The Bertz CT molecular complexity index is 289. The number of rotatable bonds is 6. The highest BCUT2D eigenvalue weighted by Gasteiger charge is 2.18. The number of alkyl halides is 1. The van der Waals surface area contributed by atoms with Crippen molar-refractivity contribution in [1.29, 1.82) is 0 Å². The van der Waals surface area contributed by atoms with Crippen LogP contribution in [0.15, 0.2) is 24.3 Å². The van der Waals surface area contributed by atoms with E-state index in [0.29, 0.717) is 5.92 Å². The topological polar surface area (TPSA) is 0 Å². The smallest absolute Gasteiger partial charge is 0.0404 e. The molecule has 0 fully saturated rings. The van der Waals surface area contributed by atoms with E-state index in [9.17, 15) is 0 Å². The van der Waals surface area contributed by atoms with Gasteiger partial charge in [0.15, 0.2) is 0 Å². The molecule has 0 amide bonds. The van der Waals surface area contributed by atoms with Gasteiger partial charge in [0.2, 0.25) is 0 Å². The maximum Gasteiger partial charge on any atom is 0.0404 e. The van der Waals surface area contributed by atoms with Gasteiger partial charge in [-0.3, -0.25) is 0 Å². The molecule has 0 radical (unpaired) electrons. The molecule has 90 valence electrons. The number of halogens is 1. The van der Waals surface area contributed by atoms with Crippen molar-refractivity contribution in [3.05, 3.63) is 35.4 Å². The molecule has 2 atom stereocenters. The lowest BCUT2D eigenvalue weighted by molar-refractivity contribution is 0.578. The minimum absolute atomic E-state index is 0.280. The standard InChI is InChI=1S/C15H23Cl/c1-4-7-15(16)14(6-3)13-10-8-12(5-2)9-11-13/h8-11,14-15H,4-7H2,1-3H3. The minimum Gasteiger partial charge on any atom is -0.122 e. The third-order valence-corrected chi connectivity index (χ3v) is 3.78. The van der Waals surface area contributed by atoms with Gasteiger partial charge in [0.25, 0.3) is 0 Å². The van der Waals surface area contributed by atoms with Crippen LogP contribution in [0.4, 0.5) is 0 Å². The Kier molecular flexibility index (Phi) is 5.90. The molecule has 0 heterocycles. The molecule has 0 spiro atoms. The highest BCUT2D eigenvalue weighted by atomic mass is 35.5. The van der Waals surface area contributed by atoms with Crippen molar-refractivity contribution < 1.29 is 0 Å². The predicted octanol–water partition coefficient (Wildman–Crippen LogP) is 5.15. The Hall–Kier alpha value is -0.490. The van der Waals surface area contributed by atoms with Crippen molar-refractivity contribution in [2.24, 2.45) is 0 Å². The van der Waals surface area contributed by atoms with Gasteiger partial charge in [0.1, 0.15) is 0 Å². The first-order valence-electron chi connectivity index (χ1n) is 6.45. The van der Waals surface area contributed by atoms with Crippen LogP contribution < -0.4 is 0 Å². The van der Waals surface area contributed by atoms with Gasteiger partial charge in [-0.05, 0) is 36.3 Å². The summed E-state index contributed by atoms with van der Waals surface area (Å²) in [7, 11) is 0. The van der Waals surface area contributed by atoms with Crippen LogP contribution in [-0.4, -0.2) is 5.38 Å². The van der Waals surface area contributed by atoms with Crippen LogP contribution in [0, 0.1) is 0 Å². The fourth-order valence-electron chi connectivity index (χ4n) is 2.18. The van der Waals surface area contributed by atoms with Crippen molar-refractivity contribution in [3.8, 4) is 0 Å². The fourth-order valence-corrected chi connectivity index (χ4v) is 2.72. The average molecular weight is 239 g/mol. The molecule has 1 rings (SSSR count). The summed E-state index contributed by atoms with van der Waals surface area (Å²) in [5.41, 5.74) is 2.80. The van der Waals surface area contributed by atoms with Crippen molar-refractivity contribution in [1.82, 2.24) is 0 Å². The van der Waals surface area contributed by atoms with Crippen molar-refractivity contribution in [3.63, 3.8) is 0 Å². The third kappa shape index (κ3) is 3.52. The van der Waals surface area contributed by atoms with Crippen molar-refractivity contribution >= 4 is 11.6 Å². The molecule has 0 saturated heterocycles. The number of hydrogen-bond donors (Lipinski definition) is 0. The van der Waals surface area contributed by atoms with E-state index in [0.717, 1.165) is 25.7 Å². The molecule has 0 N–H and O–H groups in total. The second kappa shape index (κ2) is 6.96. The largest absolute Gasteiger partial charge is 0.122 e. The minimum atomic E-state index is 0.280. The predicted molar refractivity (Wildman–Crippen MR) is 73.4 cm³/mol. The fraction of sp³-hybridized carbons (Fsp3) is 0.600. The number of aryl methyl sites for hydroxylation is 1. The summed E-state index contributed by atoms with van der Waals surface area (Å²) in [6.45, 7) is 6.61.